The molecule has 0 atom stereocenters. The predicted octanol–water partition coefficient (Wildman–Crippen LogP) is 7.71. The zero-order chi connectivity index (χ0) is 20.1. The Balaban J connectivity index is 1.73. The Bertz CT molecular complexity index is 1170. The molecule has 0 unspecified atom stereocenters. The second-order valence-electron chi connectivity index (χ2n) is 6.73. The van der Waals surface area contributed by atoms with Crippen LogP contribution in [0.2, 0.25) is 0 Å². The average molecular weight is 398 g/mol. The van der Waals surface area contributed by atoms with E-state index in [2.05, 4.69) is 49.4 Å². The van der Waals surface area contributed by atoms with Crippen molar-refractivity contribution in [3.63, 3.8) is 0 Å². The van der Waals surface area contributed by atoms with E-state index in [9.17, 15) is 4.39 Å². The van der Waals surface area contributed by atoms with Crippen LogP contribution in [0.3, 0.4) is 0 Å². The molecule has 0 heterocycles. The summed E-state index contributed by atoms with van der Waals surface area (Å²) in [7, 11) is 0. The molecule has 0 amide bonds. The minimum atomic E-state index is -0.226. The van der Waals surface area contributed by atoms with Crippen LogP contribution in [0, 0.1) is 12.7 Å². The van der Waals surface area contributed by atoms with E-state index in [0.29, 0.717) is 0 Å². The maximum Gasteiger partial charge on any atom is 0.123 e. The zero-order valence-electron chi connectivity index (χ0n) is 16.0. The van der Waals surface area contributed by atoms with Crippen LogP contribution in [0.1, 0.15) is 11.1 Å². The first-order valence-electron chi connectivity index (χ1n) is 9.41. The molecule has 0 spiro atoms. The lowest BCUT2D eigenvalue weighted by Gasteiger charge is -2.08. The minimum absolute atomic E-state index is 0.226. The summed E-state index contributed by atoms with van der Waals surface area (Å²) in [4.78, 5) is 5.90. The van der Waals surface area contributed by atoms with Gasteiger partial charge in [0.1, 0.15) is 5.82 Å². The fraction of sp³-hybridized carbons (Fsp3) is 0.0385. The smallest absolute Gasteiger partial charge is 0.123 e. The first kappa shape index (κ1) is 19.2. The van der Waals surface area contributed by atoms with Crippen LogP contribution in [0.5, 0.6) is 0 Å². The molecule has 1 nitrogen and oxygen atoms in total. The number of nitrogens with zero attached hydrogens (tertiary/aromatic N) is 1. The van der Waals surface area contributed by atoms with Crippen molar-refractivity contribution in [3.05, 3.63) is 119 Å². The van der Waals surface area contributed by atoms with Gasteiger partial charge in [0.25, 0.3) is 0 Å². The molecule has 0 saturated carbocycles. The first-order valence-corrected chi connectivity index (χ1v) is 10.3. The van der Waals surface area contributed by atoms with Gasteiger partial charge in [-0.05, 0) is 65.6 Å². The van der Waals surface area contributed by atoms with Crippen molar-refractivity contribution in [2.24, 2.45) is 4.99 Å². The van der Waals surface area contributed by atoms with Crippen LogP contribution < -0.4 is 0 Å². The number of aryl methyl sites for hydroxylation is 1. The Hall–Kier alpha value is -3.17. The number of aliphatic imine (C=N–C) groups is 1. The summed E-state index contributed by atoms with van der Waals surface area (Å²) in [6, 6.07) is 29.3. The van der Waals surface area contributed by atoms with Crippen LogP contribution in [0.25, 0.3) is 10.8 Å². The fourth-order valence-electron chi connectivity index (χ4n) is 3.08. The highest BCUT2D eigenvalue weighted by atomic mass is 32.2. The molecule has 0 bridgehead atoms. The van der Waals surface area contributed by atoms with Crippen molar-refractivity contribution in [1.29, 1.82) is 0 Å². The molecule has 0 aliphatic heterocycles. The third-order valence-corrected chi connectivity index (χ3v) is 5.41. The molecule has 0 saturated heterocycles. The van der Waals surface area contributed by atoms with E-state index in [1.807, 2.05) is 35.7 Å². The number of benzene rings is 4. The van der Waals surface area contributed by atoms with E-state index in [4.69, 9.17) is 4.99 Å². The van der Waals surface area contributed by atoms with Crippen LogP contribution in [-0.2, 0) is 0 Å². The van der Waals surface area contributed by atoms with Gasteiger partial charge in [0.05, 0.1) is 11.4 Å². The van der Waals surface area contributed by atoms with E-state index in [1.165, 1.54) is 23.1 Å². The first-order chi connectivity index (χ1) is 14.2. The number of hydrogen-bond acceptors (Lipinski definition) is 2. The summed E-state index contributed by atoms with van der Waals surface area (Å²) >= 11 is 1.54. The van der Waals surface area contributed by atoms with E-state index < -0.39 is 0 Å². The van der Waals surface area contributed by atoms with Crippen molar-refractivity contribution in [2.45, 2.75) is 11.8 Å². The lowest BCUT2D eigenvalue weighted by Crippen LogP contribution is -1.97. The van der Waals surface area contributed by atoms with Crippen LogP contribution in [0.4, 0.5) is 10.1 Å². The van der Waals surface area contributed by atoms with E-state index in [0.717, 1.165) is 27.2 Å². The number of hydrogen-bond donors (Lipinski definition) is 0. The third-order valence-electron chi connectivity index (χ3n) is 4.59. The maximum atomic E-state index is 13.1. The van der Waals surface area contributed by atoms with Crippen molar-refractivity contribution in [2.75, 3.05) is 0 Å². The summed E-state index contributed by atoms with van der Waals surface area (Å²) < 4.78 is 13.1. The molecule has 4 rings (SSSR count). The van der Waals surface area contributed by atoms with Crippen molar-refractivity contribution in [1.82, 2.24) is 0 Å². The van der Waals surface area contributed by atoms with Gasteiger partial charge in [-0.15, -0.1) is 0 Å². The van der Waals surface area contributed by atoms with Gasteiger partial charge in [-0.3, -0.25) is 0 Å². The molecule has 4 aromatic rings. The number of fused-ring (bicyclic) bond motifs is 1. The van der Waals surface area contributed by atoms with Gasteiger partial charge in [0.2, 0.25) is 0 Å². The highest BCUT2D eigenvalue weighted by Gasteiger charge is 2.06. The lowest BCUT2D eigenvalue weighted by atomic mass is 10.0. The molecule has 0 N–H and O–H groups in total. The average Bonchev–Trinajstić information content (AvgIpc) is 2.75. The molecule has 0 aromatic heterocycles. The molecule has 4 aromatic carbocycles. The number of halogens is 1. The van der Waals surface area contributed by atoms with Gasteiger partial charge < -0.3 is 0 Å². The normalized spacial score (nSPS) is 12.0. The quantitative estimate of drug-likeness (QED) is 0.248. The molecular weight excluding hydrogens is 377 g/mol. The van der Waals surface area contributed by atoms with Gasteiger partial charge in [0, 0.05) is 10.5 Å². The molecule has 0 fully saturated rings. The molecule has 3 heteroatoms. The molecule has 0 radical (unpaired) electrons. The van der Waals surface area contributed by atoms with Crippen molar-refractivity contribution < 1.29 is 4.39 Å². The summed E-state index contributed by atoms with van der Waals surface area (Å²) in [5.74, 6) is -0.226. The minimum Gasteiger partial charge on any atom is -0.248 e. The van der Waals surface area contributed by atoms with Gasteiger partial charge in [-0.2, -0.15) is 0 Å². The molecular formula is C26H20FNS. The Morgan fingerprint density at radius 1 is 0.828 bits per heavy atom. The monoisotopic (exact) mass is 397 g/mol. The van der Waals surface area contributed by atoms with Crippen LogP contribution >= 0.6 is 11.8 Å². The van der Waals surface area contributed by atoms with Crippen LogP contribution in [0.15, 0.2) is 112 Å². The molecule has 142 valence electrons. The van der Waals surface area contributed by atoms with Gasteiger partial charge in [-0.25, -0.2) is 9.38 Å². The van der Waals surface area contributed by atoms with E-state index in [1.54, 1.807) is 23.9 Å². The SMILES string of the molecule is Cc1ccc(/N=C(/C=C/Sc2ccc(F)cc2)c2cccc3ccccc23)cc1. The van der Waals surface area contributed by atoms with Gasteiger partial charge >= 0.3 is 0 Å². The topological polar surface area (TPSA) is 12.4 Å². The summed E-state index contributed by atoms with van der Waals surface area (Å²) in [5, 5.41) is 4.35. The predicted molar refractivity (Wildman–Crippen MR) is 123 cm³/mol. The number of thioether (sulfide) groups is 1. The van der Waals surface area contributed by atoms with E-state index in [-0.39, 0.29) is 5.82 Å². The standard InChI is InChI=1S/C26H20FNS/c1-19-9-13-22(14-10-19)28-26(17-18-29-23-15-11-21(27)12-16-23)25-8-4-6-20-5-2-3-7-24(20)25/h2-18H,1H3/b18-17+,28-26-. The Morgan fingerprint density at radius 3 is 2.34 bits per heavy atom. The Kier molecular flexibility index (Phi) is 5.87. The van der Waals surface area contributed by atoms with Crippen molar-refractivity contribution >= 4 is 33.9 Å². The summed E-state index contributed by atoms with van der Waals surface area (Å²) in [6.07, 6.45) is 2.02. The molecule has 0 aliphatic rings. The zero-order valence-corrected chi connectivity index (χ0v) is 16.9. The number of rotatable bonds is 5. The number of allylic oxidation sites excluding steroid dienone is 1. The van der Waals surface area contributed by atoms with Gasteiger partial charge in [-0.1, -0.05) is 71.9 Å². The third kappa shape index (κ3) is 4.82. The van der Waals surface area contributed by atoms with E-state index >= 15 is 0 Å². The summed E-state index contributed by atoms with van der Waals surface area (Å²) in [6.45, 7) is 2.07. The maximum absolute atomic E-state index is 13.1. The highest BCUT2D eigenvalue weighted by molar-refractivity contribution is 8.02. The van der Waals surface area contributed by atoms with Crippen molar-refractivity contribution in [3.8, 4) is 0 Å². The van der Waals surface area contributed by atoms with Gasteiger partial charge in [0.15, 0.2) is 0 Å². The second kappa shape index (κ2) is 8.89. The Labute approximate surface area is 174 Å². The highest BCUT2D eigenvalue weighted by Crippen LogP contribution is 2.24. The van der Waals surface area contributed by atoms with Crippen LogP contribution in [-0.4, -0.2) is 5.71 Å². The molecule has 0 aliphatic carbocycles. The largest absolute Gasteiger partial charge is 0.248 e. The Morgan fingerprint density at radius 2 is 1.55 bits per heavy atom. The lowest BCUT2D eigenvalue weighted by molar-refractivity contribution is 0.626. The fourth-order valence-corrected chi connectivity index (χ4v) is 3.73. The second-order valence-corrected chi connectivity index (χ2v) is 7.71. The summed E-state index contributed by atoms with van der Waals surface area (Å²) in [5.41, 5.74) is 4.09. The molecule has 29 heavy (non-hydrogen) atoms.